The van der Waals surface area contributed by atoms with Crippen molar-refractivity contribution in [3.8, 4) is 0 Å². The summed E-state index contributed by atoms with van der Waals surface area (Å²) < 4.78 is 5.55. The quantitative estimate of drug-likeness (QED) is 0.476. The zero-order valence-electron chi connectivity index (χ0n) is 22.1. The van der Waals surface area contributed by atoms with E-state index in [0.717, 1.165) is 30.6 Å². The molecule has 0 aromatic heterocycles. The summed E-state index contributed by atoms with van der Waals surface area (Å²) in [6.07, 6.45) is 9.97. The largest absolute Gasteiger partial charge is 0.463 e. The molecule has 4 saturated carbocycles. The first kappa shape index (κ1) is 25.5. The minimum atomic E-state index is -0.709. The van der Waals surface area contributed by atoms with Crippen molar-refractivity contribution >= 4 is 5.97 Å². The molecule has 0 saturated heterocycles. The molecule has 4 aliphatic carbocycles. The fourth-order valence-electron chi connectivity index (χ4n) is 9.59. The number of rotatable bonds is 6. The molecule has 2 N–H and O–H groups in total. The SMILES string of the molecule is CC(=O)O[C@H]1CC[C@@]2(C)[C@H](C1)[C@@H](O)[C@H](O)[C@@H]1[C@@H]2CC[C@]2(C)[C@@H]([C@H](C)CCCC(C)C)CC[C@@H]12. The molecule has 0 aromatic rings. The number of aliphatic hydroxyl groups excluding tert-OH is 2. The molecule has 0 unspecified atom stereocenters. The Bertz CT molecular complexity index is 706. The van der Waals surface area contributed by atoms with Crippen LogP contribution in [0.15, 0.2) is 0 Å². The predicted molar refractivity (Wildman–Crippen MR) is 131 cm³/mol. The average molecular weight is 463 g/mol. The zero-order chi connectivity index (χ0) is 24.1. The van der Waals surface area contributed by atoms with Gasteiger partial charge < -0.3 is 14.9 Å². The lowest BCUT2D eigenvalue weighted by Crippen LogP contribution is -2.64. The number of carbonyl (C=O) groups excluding carboxylic acids is 1. The van der Waals surface area contributed by atoms with Gasteiger partial charge in [-0.15, -0.1) is 0 Å². The van der Waals surface area contributed by atoms with Gasteiger partial charge in [-0.25, -0.2) is 0 Å². The molecule has 0 heterocycles. The third-order valence-corrected chi connectivity index (χ3v) is 11.2. The molecule has 0 radical (unpaired) electrons. The maximum absolute atomic E-state index is 11.5. The van der Waals surface area contributed by atoms with Crippen molar-refractivity contribution in [2.75, 3.05) is 0 Å². The average Bonchev–Trinajstić information content (AvgIpc) is 3.09. The van der Waals surface area contributed by atoms with Gasteiger partial charge in [0.15, 0.2) is 0 Å². The van der Waals surface area contributed by atoms with Gasteiger partial charge in [-0.1, -0.05) is 53.9 Å². The molecule has 190 valence electrons. The molecule has 0 amide bonds. The van der Waals surface area contributed by atoms with Crippen molar-refractivity contribution in [3.63, 3.8) is 0 Å². The van der Waals surface area contributed by atoms with Crippen LogP contribution in [0.2, 0.25) is 0 Å². The Hall–Kier alpha value is -0.610. The summed E-state index contributed by atoms with van der Waals surface area (Å²) in [6, 6.07) is 0. The summed E-state index contributed by atoms with van der Waals surface area (Å²) in [5, 5.41) is 22.9. The standard InChI is InChI=1S/C29H50O4/c1-17(2)8-7-9-18(3)21-10-11-22-25-23(13-15-28(21,22)5)29(6)14-12-20(33-19(4)30)16-24(29)26(31)27(25)32/h17-18,20-27,31-32H,7-16H2,1-6H3/t18-,20+,21-,22+,23+,24-,25+,26-,27-,28-,29-/m1/s1. The van der Waals surface area contributed by atoms with Crippen LogP contribution in [-0.4, -0.2) is 34.5 Å². The third kappa shape index (κ3) is 4.41. The summed E-state index contributed by atoms with van der Waals surface area (Å²) in [6.45, 7) is 13.5. The van der Waals surface area contributed by atoms with Gasteiger partial charge in [0.1, 0.15) is 6.10 Å². The van der Waals surface area contributed by atoms with Gasteiger partial charge in [0.05, 0.1) is 12.2 Å². The van der Waals surface area contributed by atoms with E-state index in [1.165, 1.54) is 51.9 Å². The van der Waals surface area contributed by atoms with E-state index in [1.807, 2.05) is 0 Å². The highest BCUT2D eigenvalue weighted by molar-refractivity contribution is 5.66. The van der Waals surface area contributed by atoms with Crippen LogP contribution < -0.4 is 0 Å². The fraction of sp³-hybridized carbons (Fsp3) is 0.966. The second kappa shape index (κ2) is 9.45. The molecular weight excluding hydrogens is 412 g/mol. The molecule has 11 atom stereocenters. The first-order valence-electron chi connectivity index (χ1n) is 14.0. The Labute approximate surface area is 202 Å². The number of hydrogen-bond donors (Lipinski definition) is 2. The van der Waals surface area contributed by atoms with Crippen LogP contribution in [0.1, 0.15) is 106 Å². The first-order chi connectivity index (χ1) is 15.5. The summed E-state index contributed by atoms with van der Waals surface area (Å²) in [5.74, 6) is 3.23. The van der Waals surface area contributed by atoms with Crippen LogP contribution in [0.4, 0.5) is 0 Å². The van der Waals surface area contributed by atoms with E-state index in [2.05, 4.69) is 34.6 Å². The van der Waals surface area contributed by atoms with E-state index in [4.69, 9.17) is 4.74 Å². The van der Waals surface area contributed by atoms with E-state index < -0.39 is 12.2 Å². The highest BCUT2D eigenvalue weighted by Crippen LogP contribution is 2.68. The molecule has 0 aliphatic heterocycles. The maximum atomic E-state index is 11.5. The van der Waals surface area contributed by atoms with E-state index in [1.54, 1.807) is 0 Å². The minimum absolute atomic E-state index is 0.0170. The highest BCUT2D eigenvalue weighted by Gasteiger charge is 2.65. The number of hydrogen-bond acceptors (Lipinski definition) is 4. The molecule has 4 rings (SSSR count). The summed E-state index contributed by atoms with van der Waals surface area (Å²) in [5.41, 5.74) is 0.319. The van der Waals surface area contributed by atoms with Gasteiger partial charge in [0.25, 0.3) is 0 Å². The van der Waals surface area contributed by atoms with Crippen molar-refractivity contribution in [2.45, 2.75) is 124 Å². The molecule has 4 aliphatic rings. The van der Waals surface area contributed by atoms with Crippen LogP contribution in [0.5, 0.6) is 0 Å². The zero-order valence-corrected chi connectivity index (χ0v) is 22.1. The second-order valence-electron chi connectivity index (χ2n) is 13.4. The first-order valence-corrected chi connectivity index (χ1v) is 14.0. The summed E-state index contributed by atoms with van der Waals surface area (Å²) in [7, 11) is 0. The van der Waals surface area contributed by atoms with Gasteiger partial charge in [-0.05, 0) is 97.2 Å². The predicted octanol–water partition coefficient (Wildman–Crippen LogP) is 5.98. The van der Waals surface area contributed by atoms with Crippen LogP contribution in [-0.2, 0) is 9.53 Å². The Morgan fingerprint density at radius 3 is 2.24 bits per heavy atom. The molecule has 4 heteroatoms. The van der Waals surface area contributed by atoms with E-state index in [9.17, 15) is 15.0 Å². The third-order valence-electron chi connectivity index (χ3n) is 11.2. The van der Waals surface area contributed by atoms with Gasteiger partial charge in [-0.3, -0.25) is 4.79 Å². The summed E-state index contributed by atoms with van der Waals surface area (Å²) >= 11 is 0. The summed E-state index contributed by atoms with van der Waals surface area (Å²) in [4.78, 5) is 11.5. The fourth-order valence-corrected chi connectivity index (χ4v) is 9.59. The number of esters is 1. The van der Waals surface area contributed by atoms with E-state index in [-0.39, 0.29) is 34.7 Å². The number of ether oxygens (including phenoxy) is 1. The molecule has 33 heavy (non-hydrogen) atoms. The van der Waals surface area contributed by atoms with Crippen molar-refractivity contribution < 1.29 is 19.7 Å². The normalized spacial score (nSPS) is 48.0. The highest BCUT2D eigenvalue weighted by atomic mass is 16.5. The van der Waals surface area contributed by atoms with Crippen LogP contribution in [0.25, 0.3) is 0 Å². The minimum Gasteiger partial charge on any atom is -0.463 e. The smallest absolute Gasteiger partial charge is 0.302 e. The van der Waals surface area contributed by atoms with E-state index in [0.29, 0.717) is 18.3 Å². The Morgan fingerprint density at radius 2 is 1.58 bits per heavy atom. The van der Waals surface area contributed by atoms with Crippen molar-refractivity contribution in [1.82, 2.24) is 0 Å². The monoisotopic (exact) mass is 462 g/mol. The van der Waals surface area contributed by atoms with Crippen molar-refractivity contribution in [2.24, 2.45) is 52.3 Å². The molecule has 0 spiro atoms. The van der Waals surface area contributed by atoms with Gasteiger partial charge in [0, 0.05) is 6.92 Å². The maximum Gasteiger partial charge on any atom is 0.302 e. The molecule has 4 nitrogen and oxygen atoms in total. The Morgan fingerprint density at radius 1 is 0.909 bits per heavy atom. The lowest BCUT2D eigenvalue weighted by Gasteiger charge is -2.63. The van der Waals surface area contributed by atoms with Crippen LogP contribution >= 0.6 is 0 Å². The Kier molecular flexibility index (Phi) is 7.30. The lowest BCUT2D eigenvalue weighted by atomic mass is 9.43. The van der Waals surface area contributed by atoms with Crippen LogP contribution in [0.3, 0.4) is 0 Å². The topological polar surface area (TPSA) is 66.8 Å². The number of carbonyl (C=O) groups is 1. The number of aliphatic hydroxyl groups is 2. The molecule has 0 aromatic carbocycles. The lowest BCUT2D eigenvalue weighted by molar-refractivity contribution is -0.225. The van der Waals surface area contributed by atoms with Crippen LogP contribution in [0, 0.1) is 52.3 Å². The van der Waals surface area contributed by atoms with Gasteiger partial charge in [0.2, 0.25) is 0 Å². The van der Waals surface area contributed by atoms with Gasteiger partial charge in [-0.2, -0.15) is 0 Å². The van der Waals surface area contributed by atoms with Crippen molar-refractivity contribution in [1.29, 1.82) is 0 Å². The molecule has 0 bridgehead atoms. The second-order valence-corrected chi connectivity index (χ2v) is 13.4. The van der Waals surface area contributed by atoms with E-state index >= 15 is 0 Å². The molecule has 4 fully saturated rings. The van der Waals surface area contributed by atoms with Gasteiger partial charge >= 0.3 is 5.97 Å². The molecular formula is C29H50O4. The Balaban J connectivity index is 1.52. The van der Waals surface area contributed by atoms with Crippen molar-refractivity contribution in [3.05, 3.63) is 0 Å². The number of fused-ring (bicyclic) bond motifs is 5.